The molecule has 9 nitrogen and oxygen atoms in total. The number of nitrogens with zero attached hydrogens (tertiary/aromatic N) is 5. The number of carbonyl (C=O) groups excluding carboxylic acids is 2. The standard InChI is InChI=1S/C19H18N6O3/c1-25-16-13(20-9-10-21-16)7-8-14(19(25)27)22-17(26)18-24-23-15(28-18)11-12-5-3-2-4-6-12/h2-6,9-10,14H,7-8,11H2,1H3,(H,22,26)/t14-/m0/s1. The highest BCUT2D eigenvalue weighted by Crippen LogP contribution is 2.21. The molecule has 28 heavy (non-hydrogen) atoms. The van der Waals surface area contributed by atoms with Gasteiger partial charge in [0.25, 0.3) is 5.91 Å². The van der Waals surface area contributed by atoms with Gasteiger partial charge in [0, 0.05) is 19.4 Å². The lowest BCUT2D eigenvalue weighted by atomic mass is 10.1. The van der Waals surface area contributed by atoms with Crippen LogP contribution < -0.4 is 10.2 Å². The largest absolute Gasteiger partial charge is 0.417 e. The van der Waals surface area contributed by atoms with Crippen LogP contribution in [0.4, 0.5) is 5.82 Å². The van der Waals surface area contributed by atoms with Crippen LogP contribution in [0.5, 0.6) is 0 Å². The second-order valence-electron chi connectivity index (χ2n) is 6.45. The molecule has 4 rings (SSSR count). The summed E-state index contributed by atoms with van der Waals surface area (Å²) in [4.78, 5) is 35.1. The smallest absolute Gasteiger partial charge is 0.309 e. The number of amides is 2. The maximum Gasteiger partial charge on any atom is 0.309 e. The van der Waals surface area contributed by atoms with Crippen molar-refractivity contribution in [3.8, 4) is 0 Å². The average Bonchev–Trinajstić information content (AvgIpc) is 3.15. The molecule has 0 unspecified atom stereocenters. The Balaban J connectivity index is 1.45. The van der Waals surface area contributed by atoms with E-state index in [-0.39, 0.29) is 11.8 Å². The molecular formula is C19H18N6O3. The number of aryl methyl sites for hydroxylation is 1. The molecule has 3 heterocycles. The molecule has 2 amide bonds. The zero-order chi connectivity index (χ0) is 19.5. The van der Waals surface area contributed by atoms with Crippen molar-refractivity contribution >= 4 is 17.6 Å². The first-order valence-electron chi connectivity index (χ1n) is 8.86. The second kappa shape index (κ2) is 7.55. The van der Waals surface area contributed by atoms with E-state index in [1.807, 2.05) is 30.3 Å². The topological polar surface area (TPSA) is 114 Å². The van der Waals surface area contributed by atoms with E-state index in [1.54, 1.807) is 13.2 Å². The molecule has 1 aliphatic heterocycles. The number of nitrogens with one attached hydrogen (secondary N) is 1. The number of rotatable bonds is 4. The molecule has 1 atom stereocenters. The summed E-state index contributed by atoms with van der Waals surface area (Å²) in [6.07, 6.45) is 4.48. The molecule has 0 radical (unpaired) electrons. The fourth-order valence-corrected chi connectivity index (χ4v) is 3.10. The van der Waals surface area contributed by atoms with Gasteiger partial charge in [-0.15, -0.1) is 10.2 Å². The molecule has 0 aliphatic carbocycles. The Kier molecular flexibility index (Phi) is 4.79. The molecule has 0 bridgehead atoms. The van der Waals surface area contributed by atoms with Gasteiger partial charge in [0.15, 0.2) is 5.82 Å². The van der Waals surface area contributed by atoms with Crippen molar-refractivity contribution in [2.75, 3.05) is 11.9 Å². The van der Waals surface area contributed by atoms with Gasteiger partial charge in [-0.05, 0) is 18.4 Å². The summed E-state index contributed by atoms with van der Waals surface area (Å²) >= 11 is 0. The van der Waals surface area contributed by atoms with Crippen LogP contribution in [0.3, 0.4) is 0 Å². The summed E-state index contributed by atoms with van der Waals surface area (Å²) in [5, 5.41) is 10.4. The molecule has 0 saturated heterocycles. The highest BCUT2D eigenvalue weighted by molar-refractivity contribution is 6.00. The quantitative estimate of drug-likeness (QED) is 0.724. The lowest BCUT2D eigenvalue weighted by molar-refractivity contribution is -0.120. The molecule has 2 aromatic heterocycles. The van der Waals surface area contributed by atoms with Crippen LogP contribution in [-0.2, 0) is 17.6 Å². The van der Waals surface area contributed by atoms with Gasteiger partial charge in [-0.1, -0.05) is 30.3 Å². The van der Waals surface area contributed by atoms with Crippen molar-refractivity contribution in [1.29, 1.82) is 0 Å². The molecule has 9 heteroatoms. The molecule has 3 aromatic rings. The first-order chi connectivity index (χ1) is 13.6. The summed E-state index contributed by atoms with van der Waals surface area (Å²) in [7, 11) is 1.62. The van der Waals surface area contributed by atoms with Crippen molar-refractivity contribution in [3.05, 3.63) is 65.8 Å². The van der Waals surface area contributed by atoms with Crippen molar-refractivity contribution in [3.63, 3.8) is 0 Å². The van der Waals surface area contributed by atoms with Crippen LogP contribution in [0.1, 0.15) is 34.3 Å². The van der Waals surface area contributed by atoms with Crippen molar-refractivity contribution < 1.29 is 14.0 Å². The summed E-state index contributed by atoms with van der Waals surface area (Å²) in [5.74, 6) is -0.171. The third-order valence-corrected chi connectivity index (χ3v) is 4.53. The summed E-state index contributed by atoms with van der Waals surface area (Å²) in [6, 6.07) is 8.89. The Labute approximate surface area is 160 Å². The van der Waals surface area contributed by atoms with E-state index in [9.17, 15) is 9.59 Å². The van der Waals surface area contributed by atoms with Gasteiger partial charge in [-0.25, -0.2) is 4.98 Å². The van der Waals surface area contributed by atoms with Crippen LogP contribution in [-0.4, -0.2) is 45.1 Å². The Morgan fingerprint density at radius 1 is 1.21 bits per heavy atom. The van der Waals surface area contributed by atoms with Gasteiger partial charge < -0.3 is 9.73 Å². The molecular weight excluding hydrogens is 360 g/mol. The summed E-state index contributed by atoms with van der Waals surface area (Å²) in [5.41, 5.74) is 1.72. The fourth-order valence-electron chi connectivity index (χ4n) is 3.10. The van der Waals surface area contributed by atoms with Crippen LogP contribution in [0.15, 0.2) is 47.1 Å². The van der Waals surface area contributed by atoms with Crippen molar-refractivity contribution in [1.82, 2.24) is 25.5 Å². The number of aromatic nitrogens is 4. The zero-order valence-corrected chi connectivity index (χ0v) is 15.2. The maximum atomic E-state index is 12.7. The molecule has 142 valence electrons. The Bertz CT molecular complexity index is 1000. The van der Waals surface area contributed by atoms with E-state index < -0.39 is 11.9 Å². The first kappa shape index (κ1) is 17.8. The molecule has 0 fully saturated rings. The number of benzene rings is 1. The van der Waals surface area contributed by atoms with E-state index in [4.69, 9.17) is 4.42 Å². The van der Waals surface area contributed by atoms with Crippen molar-refractivity contribution in [2.24, 2.45) is 0 Å². The molecule has 1 aliphatic rings. The Morgan fingerprint density at radius 3 is 2.82 bits per heavy atom. The third kappa shape index (κ3) is 3.59. The van der Waals surface area contributed by atoms with Gasteiger partial charge in [0.1, 0.15) is 6.04 Å². The number of hydrogen-bond acceptors (Lipinski definition) is 7. The van der Waals surface area contributed by atoms with Crippen LogP contribution in [0, 0.1) is 0 Å². The van der Waals surface area contributed by atoms with E-state index >= 15 is 0 Å². The summed E-state index contributed by atoms with van der Waals surface area (Å²) < 4.78 is 5.46. The summed E-state index contributed by atoms with van der Waals surface area (Å²) in [6.45, 7) is 0. The normalized spacial score (nSPS) is 16.4. The van der Waals surface area contributed by atoms with Gasteiger partial charge in [-0.2, -0.15) is 0 Å². The Morgan fingerprint density at radius 2 is 2.00 bits per heavy atom. The molecule has 1 aromatic carbocycles. The Hall–Kier alpha value is -3.62. The number of anilines is 1. The number of likely N-dealkylation sites (N-methyl/N-ethyl adjacent to an activating group) is 1. The fraction of sp³-hybridized carbons (Fsp3) is 0.263. The monoisotopic (exact) mass is 378 g/mol. The van der Waals surface area contributed by atoms with Crippen LogP contribution in [0.2, 0.25) is 0 Å². The second-order valence-corrected chi connectivity index (χ2v) is 6.45. The van der Waals surface area contributed by atoms with Gasteiger partial charge in [0.2, 0.25) is 5.89 Å². The van der Waals surface area contributed by atoms with Crippen LogP contribution >= 0.6 is 0 Å². The number of carbonyl (C=O) groups is 2. The number of hydrogen-bond donors (Lipinski definition) is 1. The highest BCUT2D eigenvalue weighted by atomic mass is 16.4. The van der Waals surface area contributed by atoms with E-state index in [0.717, 1.165) is 11.3 Å². The minimum Gasteiger partial charge on any atom is -0.417 e. The molecule has 0 spiro atoms. The van der Waals surface area contributed by atoms with E-state index in [0.29, 0.717) is 31.0 Å². The van der Waals surface area contributed by atoms with Gasteiger partial charge in [-0.3, -0.25) is 19.5 Å². The van der Waals surface area contributed by atoms with E-state index in [1.165, 1.54) is 11.1 Å². The predicted octanol–water partition coefficient (Wildman–Crippen LogP) is 1.16. The van der Waals surface area contributed by atoms with Gasteiger partial charge in [0.05, 0.1) is 12.1 Å². The predicted molar refractivity (Wildman–Crippen MR) is 98.6 cm³/mol. The number of fused-ring (bicyclic) bond motifs is 1. The van der Waals surface area contributed by atoms with E-state index in [2.05, 4.69) is 25.5 Å². The average molecular weight is 378 g/mol. The van der Waals surface area contributed by atoms with Gasteiger partial charge >= 0.3 is 11.8 Å². The SMILES string of the molecule is CN1C(=O)[C@@H](NC(=O)c2nnc(Cc3ccccc3)o2)CCc2nccnc21. The highest BCUT2D eigenvalue weighted by Gasteiger charge is 2.31. The molecule has 0 saturated carbocycles. The maximum absolute atomic E-state index is 12.7. The van der Waals surface area contributed by atoms with Crippen molar-refractivity contribution in [2.45, 2.75) is 25.3 Å². The zero-order valence-electron chi connectivity index (χ0n) is 15.2. The third-order valence-electron chi connectivity index (χ3n) is 4.53. The minimum absolute atomic E-state index is 0.167. The lowest BCUT2D eigenvalue weighted by Gasteiger charge is -2.20. The lowest BCUT2D eigenvalue weighted by Crippen LogP contribution is -2.47. The minimum atomic E-state index is -0.724. The van der Waals surface area contributed by atoms with Crippen LogP contribution in [0.25, 0.3) is 0 Å². The molecule has 1 N–H and O–H groups in total. The first-order valence-corrected chi connectivity index (χ1v) is 8.86.